The zero-order valence-electron chi connectivity index (χ0n) is 11.1. The molecule has 106 valence electrons. The zero-order valence-corrected chi connectivity index (χ0v) is 14.2. The van der Waals surface area contributed by atoms with Crippen molar-refractivity contribution in [3.8, 4) is 5.75 Å². The highest BCUT2D eigenvalue weighted by atomic mass is 79.9. The Morgan fingerprint density at radius 1 is 1.20 bits per heavy atom. The second-order valence-corrected chi connectivity index (χ2v) is 6.13. The van der Waals surface area contributed by atoms with Crippen LogP contribution in [0.3, 0.4) is 0 Å². The van der Waals surface area contributed by atoms with Gasteiger partial charge in [-0.05, 0) is 41.8 Å². The molecule has 4 heteroatoms. The van der Waals surface area contributed by atoms with Crippen LogP contribution in [-0.2, 0) is 6.42 Å². The van der Waals surface area contributed by atoms with E-state index in [4.69, 9.17) is 27.9 Å². The lowest BCUT2D eigenvalue weighted by Gasteiger charge is -2.18. The highest BCUT2D eigenvalue weighted by Crippen LogP contribution is 2.32. The van der Waals surface area contributed by atoms with Gasteiger partial charge in [0, 0.05) is 21.3 Å². The minimum Gasteiger partial charge on any atom is -0.496 e. The quantitative estimate of drug-likeness (QED) is 0.613. The van der Waals surface area contributed by atoms with E-state index in [9.17, 15) is 0 Å². The fourth-order valence-corrected chi connectivity index (χ4v) is 3.30. The molecule has 2 rings (SSSR count). The van der Waals surface area contributed by atoms with Gasteiger partial charge in [-0.2, -0.15) is 0 Å². The van der Waals surface area contributed by atoms with E-state index in [1.54, 1.807) is 7.11 Å². The summed E-state index contributed by atoms with van der Waals surface area (Å²) in [5.41, 5.74) is 2.27. The van der Waals surface area contributed by atoms with Crippen LogP contribution in [0.4, 0.5) is 0 Å². The standard InChI is InChI=1S/C16H15BrCl2O/c1-20-16-7-6-13(19)9-11(16)8-12(10-18)14-4-2-3-5-15(14)17/h2-7,9,12H,8,10H2,1H3. The molecule has 0 N–H and O–H groups in total. The molecule has 0 saturated carbocycles. The van der Waals surface area contributed by atoms with Gasteiger partial charge in [0.15, 0.2) is 0 Å². The minimum atomic E-state index is 0.208. The van der Waals surface area contributed by atoms with Crippen molar-refractivity contribution in [2.24, 2.45) is 0 Å². The van der Waals surface area contributed by atoms with Gasteiger partial charge in [0.2, 0.25) is 0 Å². The largest absolute Gasteiger partial charge is 0.496 e. The van der Waals surface area contributed by atoms with Crippen molar-refractivity contribution < 1.29 is 4.74 Å². The summed E-state index contributed by atoms with van der Waals surface area (Å²) < 4.78 is 6.47. The lowest BCUT2D eigenvalue weighted by atomic mass is 9.93. The Balaban J connectivity index is 2.31. The Bertz CT molecular complexity index is 586. The first kappa shape index (κ1) is 15.7. The van der Waals surface area contributed by atoms with Gasteiger partial charge in [0.1, 0.15) is 5.75 Å². The number of ether oxygens (including phenoxy) is 1. The van der Waals surface area contributed by atoms with E-state index in [1.165, 1.54) is 5.56 Å². The molecule has 20 heavy (non-hydrogen) atoms. The molecule has 0 aromatic heterocycles. The number of hydrogen-bond acceptors (Lipinski definition) is 1. The number of benzene rings is 2. The van der Waals surface area contributed by atoms with Crippen LogP contribution < -0.4 is 4.74 Å². The van der Waals surface area contributed by atoms with Gasteiger partial charge in [-0.1, -0.05) is 45.7 Å². The normalized spacial score (nSPS) is 12.2. The molecule has 1 atom stereocenters. The number of hydrogen-bond donors (Lipinski definition) is 0. The van der Waals surface area contributed by atoms with Gasteiger partial charge in [-0.15, -0.1) is 11.6 Å². The molecule has 1 unspecified atom stereocenters. The Hall–Kier alpha value is -0.700. The second kappa shape index (κ2) is 7.35. The van der Waals surface area contributed by atoms with E-state index < -0.39 is 0 Å². The zero-order chi connectivity index (χ0) is 14.5. The van der Waals surface area contributed by atoms with E-state index in [2.05, 4.69) is 22.0 Å². The number of alkyl halides is 1. The first-order valence-electron chi connectivity index (χ1n) is 6.28. The molecule has 0 aliphatic rings. The molecule has 0 aliphatic carbocycles. The maximum absolute atomic E-state index is 6.16. The number of methoxy groups -OCH3 is 1. The summed E-state index contributed by atoms with van der Waals surface area (Å²) in [6.45, 7) is 0. The van der Waals surface area contributed by atoms with Crippen molar-refractivity contribution in [1.82, 2.24) is 0 Å². The summed E-state index contributed by atoms with van der Waals surface area (Å²) in [5.74, 6) is 1.59. The van der Waals surface area contributed by atoms with Crippen molar-refractivity contribution in [2.45, 2.75) is 12.3 Å². The highest BCUT2D eigenvalue weighted by molar-refractivity contribution is 9.10. The molecule has 0 radical (unpaired) electrons. The lowest BCUT2D eigenvalue weighted by molar-refractivity contribution is 0.408. The molecule has 1 nitrogen and oxygen atoms in total. The smallest absolute Gasteiger partial charge is 0.122 e. The van der Waals surface area contributed by atoms with Crippen LogP contribution in [0, 0.1) is 0 Å². The Labute approximate surface area is 138 Å². The molecule has 0 amide bonds. The van der Waals surface area contributed by atoms with E-state index in [0.717, 1.165) is 22.2 Å². The van der Waals surface area contributed by atoms with Gasteiger partial charge in [0.05, 0.1) is 7.11 Å². The Morgan fingerprint density at radius 2 is 1.95 bits per heavy atom. The third-order valence-electron chi connectivity index (χ3n) is 3.24. The fourth-order valence-electron chi connectivity index (χ4n) is 2.23. The predicted octanol–water partition coefficient (Wildman–Crippen LogP) is 5.68. The minimum absolute atomic E-state index is 0.208. The molecule has 0 bridgehead atoms. The molecule has 0 saturated heterocycles. The van der Waals surface area contributed by atoms with Crippen LogP contribution in [0.25, 0.3) is 0 Å². The SMILES string of the molecule is COc1ccc(Cl)cc1CC(CCl)c1ccccc1Br. The topological polar surface area (TPSA) is 9.23 Å². The van der Waals surface area contributed by atoms with Gasteiger partial charge in [0.25, 0.3) is 0 Å². The monoisotopic (exact) mass is 372 g/mol. The van der Waals surface area contributed by atoms with E-state index in [1.807, 2.05) is 36.4 Å². The van der Waals surface area contributed by atoms with Crippen molar-refractivity contribution in [3.05, 3.63) is 63.1 Å². The first-order valence-corrected chi connectivity index (χ1v) is 7.99. The van der Waals surface area contributed by atoms with Gasteiger partial charge >= 0.3 is 0 Å². The summed E-state index contributed by atoms with van der Waals surface area (Å²) in [7, 11) is 1.67. The molecular formula is C16H15BrCl2O. The van der Waals surface area contributed by atoms with Crippen LogP contribution in [-0.4, -0.2) is 13.0 Å². The average Bonchev–Trinajstić information content (AvgIpc) is 2.46. The third kappa shape index (κ3) is 3.69. The second-order valence-electron chi connectivity index (χ2n) is 4.53. The van der Waals surface area contributed by atoms with Crippen LogP contribution >= 0.6 is 39.1 Å². The number of halogens is 3. The molecule has 0 heterocycles. The maximum atomic E-state index is 6.16. The molecule has 0 spiro atoms. The fraction of sp³-hybridized carbons (Fsp3) is 0.250. The van der Waals surface area contributed by atoms with Crippen LogP contribution in [0.5, 0.6) is 5.75 Å². The summed E-state index contributed by atoms with van der Waals surface area (Å²) >= 11 is 15.8. The van der Waals surface area contributed by atoms with E-state index in [-0.39, 0.29) is 5.92 Å². The highest BCUT2D eigenvalue weighted by Gasteiger charge is 2.16. The van der Waals surface area contributed by atoms with Crippen molar-refractivity contribution in [3.63, 3.8) is 0 Å². The van der Waals surface area contributed by atoms with Crippen LogP contribution in [0.1, 0.15) is 17.0 Å². The van der Waals surface area contributed by atoms with Crippen LogP contribution in [0.15, 0.2) is 46.9 Å². The maximum Gasteiger partial charge on any atom is 0.122 e. The Morgan fingerprint density at radius 3 is 2.60 bits per heavy atom. The van der Waals surface area contributed by atoms with E-state index in [0.29, 0.717) is 10.9 Å². The summed E-state index contributed by atoms with van der Waals surface area (Å²) in [6, 6.07) is 13.8. The molecule has 2 aromatic rings. The predicted molar refractivity (Wildman–Crippen MR) is 89.3 cm³/mol. The van der Waals surface area contributed by atoms with Crippen molar-refractivity contribution in [1.29, 1.82) is 0 Å². The van der Waals surface area contributed by atoms with E-state index >= 15 is 0 Å². The van der Waals surface area contributed by atoms with Gasteiger partial charge in [-0.25, -0.2) is 0 Å². The van der Waals surface area contributed by atoms with Crippen molar-refractivity contribution >= 4 is 39.1 Å². The summed E-state index contributed by atoms with van der Waals surface area (Å²) in [4.78, 5) is 0. The van der Waals surface area contributed by atoms with Gasteiger partial charge < -0.3 is 4.74 Å². The summed E-state index contributed by atoms with van der Waals surface area (Å²) in [5, 5.41) is 0.709. The van der Waals surface area contributed by atoms with Crippen molar-refractivity contribution in [2.75, 3.05) is 13.0 Å². The Kier molecular flexibility index (Phi) is 5.76. The summed E-state index contributed by atoms with van der Waals surface area (Å²) in [6.07, 6.45) is 0.788. The molecule has 0 aliphatic heterocycles. The molecule has 2 aromatic carbocycles. The number of rotatable bonds is 5. The third-order valence-corrected chi connectivity index (χ3v) is 4.57. The first-order chi connectivity index (χ1) is 9.65. The van der Waals surface area contributed by atoms with Crippen LogP contribution in [0.2, 0.25) is 5.02 Å². The average molecular weight is 374 g/mol. The molecular weight excluding hydrogens is 359 g/mol. The lowest BCUT2D eigenvalue weighted by Crippen LogP contribution is -2.06. The van der Waals surface area contributed by atoms with Gasteiger partial charge in [-0.3, -0.25) is 0 Å². The molecule has 0 fully saturated rings.